The summed E-state index contributed by atoms with van der Waals surface area (Å²) in [5.41, 5.74) is 0.283. The van der Waals surface area contributed by atoms with E-state index < -0.39 is 22.4 Å². The van der Waals surface area contributed by atoms with E-state index in [1.54, 1.807) is 24.3 Å². The van der Waals surface area contributed by atoms with Crippen molar-refractivity contribution < 1.29 is 28.7 Å². The van der Waals surface area contributed by atoms with Crippen LogP contribution in [-0.2, 0) is 0 Å². The van der Waals surface area contributed by atoms with Crippen molar-refractivity contribution in [2.45, 2.75) is 0 Å². The number of nitrogens with one attached hydrogen (secondary N) is 2. The zero-order chi connectivity index (χ0) is 22.8. The van der Waals surface area contributed by atoms with Gasteiger partial charge >= 0.3 is 0 Å². The second-order valence-corrected chi connectivity index (χ2v) is 6.70. The number of fused-ring (bicyclic) bond motifs is 2. The van der Waals surface area contributed by atoms with Gasteiger partial charge in [0.05, 0.1) is 36.5 Å². The fraction of sp³-hybridized carbons (Fsp3) is 0.0909. The van der Waals surface area contributed by atoms with Crippen LogP contribution in [0.3, 0.4) is 0 Å². The number of para-hydroxylation sites is 2. The minimum atomic E-state index is -0.754. The average Bonchev–Trinajstić information content (AvgIpc) is 2.93. The molecule has 0 bridgehead atoms. The standard InChI is InChI=1S/C22H17N3O7/c1-30-19-10-13(16(25(28)29)11-20(19)31-2)21(26)23-12-7-8-17-14(9-12)22(27)24-15-5-3-4-6-18(15)32-17/h3-11H,1-2H3,(H,23,26)(H,24,27). The number of benzene rings is 3. The summed E-state index contributed by atoms with van der Waals surface area (Å²) in [4.78, 5) is 36.3. The number of nitro groups is 1. The first-order chi connectivity index (χ1) is 15.4. The van der Waals surface area contributed by atoms with E-state index >= 15 is 0 Å². The minimum Gasteiger partial charge on any atom is -0.493 e. The number of rotatable bonds is 5. The molecule has 1 heterocycles. The second kappa shape index (κ2) is 8.26. The van der Waals surface area contributed by atoms with Gasteiger partial charge in [0.1, 0.15) is 11.3 Å². The third-order valence-electron chi connectivity index (χ3n) is 4.78. The molecule has 0 unspecified atom stereocenters. The molecular weight excluding hydrogens is 418 g/mol. The fourth-order valence-corrected chi connectivity index (χ4v) is 3.24. The van der Waals surface area contributed by atoms with Crippen LogP contribution < -0.4 is 24.8 Å². The van der Waals surface area contributed by atoms with Gasteiger partial charge in [-0.25, -0.2) is 0 Å². The summed E-state index contributed by atoms with van der Waals surface area (Å²) in [6.07, 6.45) is 0. The Hall–Kier alpha value is -4.60. The lowest BCUT2D eigenvalue weighted by Gasteiger charge is -2.12. The van der Waals surface area contributed by atoms with Gasteiger partial charge in [-0.15, -0.1) is 0 Å². The number of carbonyl (C=O) groups excluding carboxylic acids is 2. The number of amides is 2. The van der Waals surface area contributed by atoms with Crippen LogP contribution in [-0.4, -0.2) is 31.0 Å². The van der Waals surface area contributed by atoms with Gasteiger partial charge in [-0.2, -0.15) is 0 Å². The molecule has 10 heteroatoms. The van der Waals surface area contributed by atoms with Crippen molar-refractivity contribution in [1.82, 2.24) is 0 Å². The molecule has 3 aromatic carbocycles. The summed E-state index contributed by atoms with van der Waals surface area (Å²) in [7, 11) is 2.69. The Kier molecular flexibility index (Phi) is 5.34. The number of hydrogen-bond donors (Lipinski definition) is 2. The number of methoxy groups -OCH3 is 2. The van der Waals surface area contributed by atoms with E-state index in [0.717, 1.165) is 6.07 Å². The van der Waals surface area contributed by atoms with Crippen molar-refractivity contribution in [2.75, 3.05) is 24.9 Å². The molecule has 0 radical (unpaired) electrons. The summed E-state index contributed by atoms with van der Waals surface area (Å²) in [6, 6.07) is 13.8. The van der Waals surface area contributed by atoms with Crippen LogP contribution in [0.5, 0.6) is 23.0 Å². The zero-order valence-electron chi connectivity index (χ0n) is 17.0. The number of nitro benzene ring substituents is 1. The van der Waals surface area contributed by atoms with Crippen molar-refractivity contribution in [3.8, 4) is 23.0 Å². The molecule has 2 amide bonds. The molecule has 32 heavy (non-hydrogen) atoms. The third-order valence-corrected chi connectivity index (χ3v) is 4.78. The van der Waals surface area contributed by atoms with Gasteiger partial charge in [0.25, 0.3) is 17.5 Å². The van der Waals surface area contributed by atoms with E-state index in [4.69, 9.17) is 14.2 Å². The van der Waals surface area contributed by atoms with Crippen molar-refractivity contribution in [3.63, 3.8) is 0 Å². The summed E-state index contributed by atoms with van der Waals surface area (Å²) in [5.74, 6) is -0.0984. The largest absolute Gasteiger partial charge is 0.493 e. The van der Waals surface area contributed by atoms with Crippen LogP contribution in [0, 0.1) is 10.1 Å². The molecule has 10 nitrogen and oxygen atoms in total. The van der Waals surface area contributed by atoms with Crippen LogP contribution in [0.15, 0.2) is 54.6 Å². The molecule has 0 aliphatic carbocycles. The van der Waals surface area contributed by atoms with E-state index in [9.17, 15) is 19.7 Å². The molecule has 0 aromatic heterocycles. The quantitative estimate of drug-likeness (QED) is 0.453. The highest BCUT2D eigenvalue weighted by Crippen LogP contribution is 2.37. The van der Waals surface area contributed by atoms with E-state index in [1.165, 1.54) is 38.5 Å². The smallest absolute Gasteiger partial charge is 0.286 e. The number of ether oxygens (including phenoxy) is 3. The Labute approximate surface area is 181 Å². The number of anilines is 2. The summed E-state index contributed by atoms with van der Waals surface area (Å²) in [6.45, 7) is 0. The normalized spacial score (nSPS) is 11.8. The molecule has 1 aliphatic heterocycles. The minimum absolute atomic E-state index is 0.120. The molecule has 0 fully saturated rings. The van der Waals surface area contributed by atoms with Crippen LogP contribution >= 0.6 is 0 Å². The number of carbonyl (C=O) groups is 2. The molecule has 0 saturated heterocycles. The van der Waals surface area contributed by atoms with Gasteiger partial charge in [-0.3, -0.25) is 19.7 Å². The van der Waals surface area contributed by atoms with Crippen molar-refractivity contribution >= 4 is 28.9 Å². The molecule has 162 valence electrons. The van der Waals surface area contributed by atoms with E-state index in [0.29, 0.717) is 17.2 Å². The molecule has 1 aliphatic rings. The first-order valence-electron chi connectivity index (χ1n) is 9.35. The van der Waals surface area contributed by atoms with Crippen LogP contribution in [0.2, 0.25) is 0 Å². The molecule has 3 aromatic rings. The van der Waals surface area contributed by atoms with Gasteiger partial charge in [0.15, 0.2) is 17.2 Å². The Balaban J connectivity index is 1.66. The Bertz CT molecular complexity index is 1260. The lowest BCUT2D eigenvalue weighted by atomic mass is 10.1. The molecule has 0 spiro atoms. The van der Waals surface area contributed by atoms with E-state index in [1.807, 2.05) is 0 Å². The SMILES string of the molecule is COc1cc(C(=O)Nc2ccc3c(c2)C(=O)Nc2ccccc2O3)c([N+](=O)[O-])cc1OC. The van der Waals surface area contributed by atoms with Crippen LogP contribution in [0.4, 0.5) is 17.1 Å². The highest BCUT2D eigenvalue weighted by atomic mass is 16.6. The second-order valence-electron chi connectivity index (χ2n) is 6.70. The maximum Gasteiger partial charge on any atom is 0.286 e. The first kappa shape index (κ1) is 20.7. The molecular formula is C22H17N3O7. The summed E-state index contributed by atoms with van der Waals surface area (Å²) in [5, 5.41) is 16.8. The van der Waals surface area contributed by atoms with Crippen molar-refractivity contribution in [2.24, 2.45) is 0 Å². The van der Waals surface area contributed by atoms with Gasteiger partial charge in [-0.05, 0) is 30.3 Å². The van der Waals surface area contributed by atoms with Gasteiger partial charge < -0.3 is 24.8 Å². The monoisotopic (exact) mass is 435 g/mol. The van der Waals surface area contributed by atoms with Crippen LogP contribution in [0.1, 0.15) is 20.7 Å². The molecule has 0 atom stereocenters. The highest BCUT2D eigenvalue weighted by molar-refractivity contribution is 6.11. The lowest BCUT2D eigenvalue weighted by Crippen LogP contribution is -2.16. The van der Waals surface area contributed by atoms with Gasteiger partial charge in [0, 0.05) is 11.8 Å². The van der Waals surface area contributed by atoms with Crippen molar-refractivity contribution in [1.29, 1.82) is 0 Å². The van der Waals surface area contributed by atoms with Crippen molar-refractivity contribution in [3.05, 3.63) is 75.8 Å². The molecule has 2 N–H and O–H groups in total. The third kappa shape index (κ3) is 3.76. The van der Waals surface area contributed by atoms with Gasteiger partial charge in [0.2, 0.25) is 0 Å². The number of hydrogen-bond acceptors (Lipinski definition) is 7. The first-order valence-corrected chi connectivity index (χ1v) is 9.35. The highest BCUT2D eigenvalue weighted by Gasteiger charge is 2.26. The lowest BCUT2D eigenvalue weighted by molar-refractivity contribution is -0.385. The van der Waals surface area contributed by atoms with E-state index in [2.05, 4.69) is 10.6 Å². The van der Waals surface area contributed by atoms with Crippen LogP contribution in [0.25, 0.3) is 0 Å². The maximum atomic E-state index is 12.9. The topological polar surface area (TPSA) is 129 Å². The summed E-state index contributed by atoms with van der Waals surface area (Å²) >= 11 is 0. The fourth-order valence-electron chi connectivity index (χ4n) is 3.24. The number of nitrogens with zero attached hydrogens (tertiary/aromatic N) is 1. The Morgan fingerprint density at radius 1 is 1.03 bits per heavy atom. The predicted molar refractivity (Wildman–Crippen MR) is 115 cm³/mol. The molecule has 0 saturated carbocycles. The zero-order valence-corrected chi connectivity index (χ0v) is 17.0. The average molecular weight is 435 g/mol. The van der Waals surface area contributed by atoms with E-state index in [-0.39, 0.29) is 28.3 Å². The Morgan fingerprint density at radius 2 is 1.75 bits per heavy atom. The maximum absolute atomic E-state index is 12.9. The predicted octanol–water partition coefficient (Wildman–Crippen LogP) is 4.22. The Morgan fingerprint density at radius 3 is 2.47 bits per heavy atom. The molecule has 4 rings (SSSR count). The summed E-state index contributed by atoms with van der Waals surface area (Å²) < 4.78 is 16.0. The van der Waals surface area contributed by atoms with Gasteiger partial charge in [-0.1, -0.05) is 12.1 Å².